The van der Waals surface area contributed by atoms with Gasteiger partial charge in [0.2, 0.25) is 0 Å². The molecule has 2 aliphatic rings. The summed E-state index contributed by atoms with van der Waals surface area (Å²) in [7, 11) is 0. The van der Waals surface area contributed by atoms with Crippen molar-refractivity contribution in [3.63, 3.8) is 0 Å². The number of rotatable bonds is 4. The second kappa shape index (κ2) is 6.56. The zero-order chi connectivity index (χ0) is 18.4. The highest BCUT2D eigenvalue weighted by Crippen LogP contribution is 2.46. The van der Waals surface area contributed by atoms with E-state index in [4.69, 9.17) is 17.3 Å². The van der Waals surface area contributed by atoms with Crippen LogP contribution >= 0.6 is 23.5 Å². The summed E-state index contributed by atoms with van der Waals surface area (Å²) in [5, 5.41) is 0.819. The van der Waals surface area contributed by atoms with E-state index >= 15 is 0 Å². The SMILES string of the molecule is C=C(N)c1nc([C@]2(C)CCC(SN3CC(F)(F)C3)C=C2Cl)ccc1C. The van der Waals surface area contributed by atoms with Gasteiger partial charge in [-0.25, -0.2) is 13.1 Å². The van der Waals surface area contributed by atoms with Crippen LogP contribution in [0.15, 0.2) is 29.8 Å². The predicted molar refractivity (Wildman–Crippen MR) is 101 cm³/mol. The number of aryl methyl sites for hydroxylation is 1. The third-order valence-electron chi connectivity index (χ3n) is 4.85. The lowest BCUT2D eigenvalue weighted by Gasteiger charge is -2.41. The Hall–Kier alpha value is -1.11. The summed E-state index contributed by atoms with van der Waals surface area (Å²) in [6, 6.07) is 3.95. The minimum Gasteiger partial charge on any atom is -0.397 e. The molecule has 136 valence electrons. The van der Waals surface area contributed by atoms with Crippen molar-refractivity contribution in [2.45, 2.75) is 43.3 Å². The fourth-order valence-electron chi connectivity index (χ4n) is 3.21. The molecule has 2 N–H and O–H groups in total. The summed E-state index contributed by atoms with van der Waals surface area (Å²) in [5.74, 6) is -2.55. The van der Waals surface area contributed by atoms with Gasteiger partial charge in [0.1, 0.15) is 0 Å². The van der Waals surface area contributed by atoms with Crippen LogP contribution in [-0.4, -0.2) is 33.6 Å². The van der Waals surface area contributed by atoms with Crippen molar-refractivity contribution in [3.05, 3.63) is 46.8 Å². The molecule has 0 aromatic carbocycles. The van der Waals surface area contributed by atoms with E-state index in [1.165, 1.54) is 11.9 Å². The Morgan fingerprint density at radius 2 is 2.12 bits per heavy atom. The molecule has 1 unspecified atom stereocenters. The van der Waals surface area contributed by atoms with E-state index in [0.717, 1.165) is 24.1 Å². The van der Waals surface area contributed by atoms with Crippen LogP contribution in [0.4, 0.5) is 8.78 Å². The minimum absolute atomic E-state index is 0.117. The Balaban J connectivity index is 1.78. The van der Waals surface area contributed by atoms with E-state index in [2.05, 4.69) is 18.5 Å². The van der Waals surface area contributed by atoms with Gasteiger partial charge >= 0.3 is 0 Å². The molecule has 1 aromatic rings. The minimum atomic E-state index is -2.55. The molecule has 0 amide bonds. The highest BCUT2D eigenvalue weighted by molar-refractivity contribution is 7.97. The van der Waals surface area contributed by atoms with Gasteiger partial charge in [0.15, 0.2) is 0 Å². The van der Waals surface area contributed by atoms with Crippen molar-refractivity contribution in [2.24, 2.45) is 5.73 Å². The maximum absolute atomic E-state index is 13.0. The topological polar surface area (TPSA) is 42.1 Å². The summed E-state index contributed by atoms with van der Waals surface area (Å²) >= 11 is 8.07. The molecule has 3 nitrogen and oxygen atoms in total. The number of hydrogen-bond acceptors (Lipinski definition) is 4. The van der Waals surface area contributed by atoms with Gasteiger partial charge in [0, 0.05) is 15.7 Å². The number of nitrogens with two attached hydrogens (primary N) is 1. The van der Waals surface area contributed by atoms with E-state index in [0.29, 0.717) is 16.4 Å². The van der Waals surface area contributed by atoms with Crippen molar-refractivity contribution >= 4 is 29.2 Å². The van der Waals surface area contributed by atoms with Crippen LogP contribution in [-0.2, 0) is 5.41 Å². The average Bonchev–Trinajstić information content (AvgIpc) is 2.49. The van der Waals surface area contributed by atoms with Crippen LogP contribution in [0.1, 0.15) is 36.7 Å². The Morgan fingerprint density at radius 3 is 2.68 bits per heavy atom. The number of pyridine rings is 1. The smallest absolute Gasteiger partial charge is 0.274 e. The first-order valence-corrected chi connectivity index (χ1v) is 9.42. The number of nitrogens with zero attached hydrogens (tertiary/aromatic N) is 2. The van der Waals surface area contributed by atoms with Gasteiger partial charge in [-0.3, -0.25) is 4.98 Å². The van der Waals surface area contributed by atoms with Gasteiger partial charge in [-0.05, 0) is 38.3 Å². The Labute approximate surface area is 156 Å². The highest BCUT2D eigenvalue weighted by Gasteiger charge is 2.46. The maximum Gasteiger partial charge on any atom is 0.274 e. The second-order valence-corrected chi connectivity index (χ2v) is 8.81. The number of alkyl halides is 2. The summed E-state index contributed by atoms with van der Waals surface area (Å²) in [6.07, 6.45) is 3.63. The van der Waals surface area contributed by atoms with E-state index < -0.39 is 11.3 Å². The van der Waals surface area contributed by atoms with Gasteiger partial charge in [-0.15, -0.1) is 0 Å². The van der Waals surface area contributed by atoms with E-state index in [1.54, 1.807) is 4.31 Å². The average molecular weight is 386 g/mol. The van der Waals surface area contributed by atoms with Crippen molar-refractivity contribution in [3.8, 4) is 0 Å². The van der Waals surface area contributed by atoms with Crippen molar-refractivity contribution in [1.82, 2.24) is 9.29 Å². The normalized spacial score (nSPS) is 29.0. The van der Waals surface area contributed by atoms with Gasteiger partial charge in [-0.2, -0.15) is 0 Å². The largest absolute Gasteiger partial charge is 0.397 e. The zero-order valence-corrected chi connectivity index (χ0v) is 15.9. The number of hydrogen-bond donors (Lipinski definition) is 1. The first-order valence-electron chi connectivity index (χ1n) is 8.21. The van der Waals surface area contributed by atoms with Crippen LogP contribution in [0.5, 0.6) is 0 Å². The fraction of sp³-hybridized carbons (Fsp3) is 0.500. The number of halogens is 3. The lowest BCUT2D eigenvalue weighted by Crippen LogP contribution is -2.53. The first-order chi connectivity index (χ1) is 11.6. The highest BCUT2D eigenvalue weighted by atomic mass is 35.5. The third kappa shape index (κ3) is 3.71. The van der Waals surface area contributed by atoms with E-state index in [1.807, 2.05) is 25.1 Å². The van der Waals surface area contributed by atoms with Crippen molar-refractivity contribution < 1.29 is 8.78 Å². The Bertz CT molecular complexity index is 729. The zero-order valence-electron chi connectivity index (χ0n) is 14.4. The van der Waals surface area contributed by atoms with Crippen molar-refractivity contribution in [1.29, 1.82) is 0 Å². The molecule has 1 fully saturated rings. The Morgan fingerprint density at radius 1 is 1.44 bits per heavy atom. The summed E-state index contributed by atoms with van der Waals surface area (Å²) in [4.78, 5) is 4.68. The molecular formula is C18H22ClF2N3S. The van der Waals surface area contributed by atoms with Gasteiger partial charge in [0.25, 0.3) is 5.92 Å². The fourth-order valence-corrected chi connectivity index (χ4v) is 4.96. The summed E-state index contributed by atoms with van der Waals surface area (Å²) < 4.78 is 27.7. The maximum atomic E-state index is 13.0. The standard InChI is InChI=1S/C18H22ClF2N3S/c1-11-4-5-15(23-16(11)12(2)22)17(3)7-6-13(8-14(17)19)25-24-9-18(20,21)10-24/h4-5,8,13H,2,6-7,9-10,22H2,1,3H3/t13?,17-/m1/s1. The molecule has 0 radical (unpaired) electrons. The van der Waals surface area contributed by atoms with E-state index in [-0.39, 0.29) is 18.3 Å². The molecule has 0 bridgehead atoms. The molecule has 2 heterocycles. The van der Waals surface area contributed by atoms with Crippen LogP contribution < -0.4 is 5.73 Å². The number of allylic oxidation sites excluding steroid dienone is 1. The molecule has 1 saturated heterocycles. The van der Waals surface area contributed by atoms with Gasteiger partial charge in [0.05, 0.1) is 30.2 Å². The Kier molecular flexibility index (Phi) is 4.90. The predicted octanol–water partition coefficient (Wildman–Crippen LogP) is 4.46. The molecule has 7 heteroatoms. The monoisotopic (exact) mass is 385 g/mol. The third-order valence-corrected chi connectivity index (χ3v) is 6.60. The molecule has 0 saturated carbocycles. The second-order valence-electron chi connectivity index (χ2n) is 7.07. The molecule has 1 aliphatic carbocycles. The first kappa shape index (κ1) is 18.7. The quantitative estimate of drug-likeness (QED) is 0.777. The number of aromatic nitrogens is 1. The molecule has 1 aliphatic heterocycles. The van der Waals surface area contributed by atoms with Crippen LogP contribution in [0.3, 0.4) is 0 Å². The molecule has 0 spiro atoms. The van der Waals surface area contributed by atoms with Crippen molar-refractivity contribution in [2.75, 3.05) is 13.1 Å². The van der Waals surface area contributed by atoms with Gasteiger partial charge < -0.3 is 5.73 Å². The molecule has 1 aromatic heterocycles. The lowest BCUT2D eigenvalue weighted by atomic mass is 9.77. The van der Waals surface area contributed by atoms with Gasteiger partial charge in [-0.1, -0.05) is 42.3 Å². The van der Waals surface area contributed by atoms with Crippen LogP contribution in [0.2, 0.25) is 0 Å². The molecule has 2 atom stereocenters. The van der Waals surface area contributed by atoms with E-state index in [9.17, 15) is 8.78 Å². The summed E-state index contributed by atoms with van der Waals surface area (Å²) in [5.41, 5.74) is 8.41. The molecular weight excluding hydrogens is 364 g/mol. The molecule has 25 heavy (non-hydrogen) atoms. The molecule has 3 rings (SSSR count). The van der Waals surface area contributed by atoms with Crippen LogP contribution in [0.25, 0.3) is 5.70 Å². The van der Waals surface area contributed by atoms with Crippen LogP contribution in [0, 0.1) is 6.92 Å². The lowest BCUT2D eigenvalue weighted by molar-refractivity contribution is -0.0906. The summed E-state index contributed by atoms with van der Waals surface area (Å²) in [6.45, 7) is 7.43.